The molecule has 1 aromatic rings. The number of nitrogens with zero attached hydrogens (tertiary/aromatic N) is 1. The topological polar surface area (TPSA) is 52.9 Å². The second-order valence-corrected chi connectivity index (χ2v) is 3.54. The van der Waals surface area contributed by atoms with E-state index in [9.17, 15) is 9.18 Å². The maximum absolute atomic E-state index is 13.2. The van der Waals surface area contributed by atoms with E-state index in [1.54, 1.807) is 6.07 Å². The van der Waals surface area contributed by atoms with Crippen LogP contribution in [0.1, 0.15) is 5.56 Å². The molecule has 0 aromatic heterocycles. The van der Waals surface area contributed by atoms with Gasteiger partial charge in [0.1, 0.15) is 11.6 Å². The first-order chi connectivity index (χ1) is 6.61. The van der Waals surface area contributed by atoms with Crippen LogP contribution in [0.4, 0.5) is 10.1 Å². The van der Waals surface area contributed by atoms with Crippen LogP contribution in [0, 0.1) is 17.1 Å². The summed E-state index contributed by atoms with van der Waals surface area (Å²) in [5.41, 5.74) is -0.221. The van der Waals surface area contributed by atoms with Crippen LogP contribution in [-0.4, -0.2) is 6.41 Å². The molecular weight excluding hydrogens is 274 g/mol. The van der Waals surface area contributed by atoms with E-state index < -0.39 is 5.82 Å². The predicted molar refractivity (Wildman–Crippen MR) is 53.5 cm³/mol. The normalized spacial score (nSPS) is 9.29. The minimum Gasteiger partial charge on any atom is -0.327 e. The van der Waals surface area contributed by atoms with Crippen molar-refractivity contribution in [3.63, 3.8) is 0 Å². The van der Waals surface area contributed by atoms with Crippen LogP contribution in [0.15, 0.2) is 10.5 Å². The fourth-order valence-corrected chi connectivity index (χ4v) is 1.78. The summed E-state index contributed by atoms with van der Waals surface area (Å²) < 4.78 is 13.6. The van der Waals surface area contributed by atoms with Crippen molar-refractivity contribution in [2.75, 3.05) is 5.32 Å². The van der Waals surface area contributed by atoms with Crippen molar-refractivity contribution in [2.24, 2.45) is 0 Å². The molecule has 6 heteroatoms. The van der Waals surface area contributed by atoms with E-state index in [0.717, 1.165) is 0 Å². The molecule has 0 radical (unpaired) electrons. The van der Waals surface area contributed by atoms with Crippen LogP contribution in [-0.2, 0) is 4.79 Å². The zero-order valence-electron chi connectivity index (χ0n) is 6.64. The van der Waals surface area contributed by atoms with Crippen LogP contribution in [0.25, 0.3) is 0 Å². The first-order valence-corrected chi connectivity index (χ1v) is 4.56. The van der Waals surface area contributed by atoms with E-state index in [1.165, 1.54) is 6.07 Å². The van der Waals surface area contributed by atoms with E-state index in [4.69, 9.17) is 16.9 Å². The van der Waals surface area contributed by atoms with Crippen molar-refractivity contribution in [1.82, 2.24) is 0 Å². The van der Waals surface area contributed by atoms with Gasteiger partial charge in [-0.15, -0.1) is 0 Å². The number of carbonyl (C=O) groups excluding carboxylic acids is 1. The minimum atomic E-state index is -0.846. The Morgan fingerprint density at radius 1 is 1.71 bits per heavy atom. The summed E-state index contributed by atoms with van der Waals surface area (Å²) >= 11 is 8.55. The molecule has 1 aromatic carbocycles. The summed E-state index contributed by atoms with van der Waals surface area (Å²) in [5.74, 6) is -0.846. The Morgan fingerprint density at radius 3 is 2.86 bits per heavy atom. The molecule has 0 atom stereocenters. The van der Waals surface area contributed by atoms with Gasteiger partial charge in [0.25, 0.3) is 0 Å². The average Bonchev–Trinajstić information content (AvgIpc) is 2.15. The van der Waals surface area contributed by atoms with Gasteiger partial charge in [0, 0.05) is 4.47 Å². The molecular formula is C8H3BrClFN2O. The Kier molecular flexibility index (Phi) is 3.44. The van der Waals surface area contributed by atoms with E-state index in [1.807, 2.05) is 0 Å². The fraction of sp³-hybridized carbons (Fsp3) is 0. The number of benzene rings is 1. The number of amides is 1. The molecule has 0 spiro atoms. The Morgan fingerprint density at radius 2 is 2.36 bits per heavy atom. The molecule has 0 aliphatic heterocycles. The highest BCUT2D eigenvalue weighted by Gasteiger charge is 2.15. The molecule has 0 unspecified atom stereocenters. The van der Waals surface area contributed by atoms with Crippen LogP contribution >= 0.6 is 27.5 Å². The minimum absolute atomic E-state index is 0.0735. The van der Waals surface area contributed by atoms with E-state index in [0.29, 0.717) is 10.9 Å². The number of anilines is 1. The molecule has 0 aliphatic rings. The molecule has 0 heterocycles. The van der Waals surface area contributed by atoms with Crippen molar-refractivity contribution in [1.29, 1.82) is 5.26 Å². The molecule has 14 heavy (non-hydrogen) atoms. The lowest BCUT2D eigenvalue weighted by Crippen LogP contribution is -2.00. The van der Waals surface area contributed by atoms with E-state index in [-0.39, 0.29) is 16.3 Å². The van der Waals surface area contributed by atoms with Gasteiger partial charge in [0.15, 0.2) is 5.82 Å². The molecule has 0 bridgehead atoms. The molecule has 0 aliphatic carbocycles. The molecule has 72 valence electrons. The molecule has 0 saturated carbocycles. The lowest BCUT2D eigenvalue weighted by molar-refractivity contribution is -0.105. The standard InChI is InChI=1S/C8H3BrClFN2O/c9-5-1-6(10)7(11)4(2-12)8(5)13-3-14/h1,3H,(H,13,14). The molecule has 1 rings (SSSR count). The van der Waals surface area contributed by atoms with Crippen LogP contribution in [0.2, 0.25) is 5.02 Å². The molecule has 1 N–H and O–H groups in total. The second kappa shape index (κ2) is 4.40. The largest absolute Gasteiger partial charge is 0.327 e. The number of nitrogens with one attached hydrogen (secondary N) is 1. The quantitative estimate of drug-likeness (QED) is 0.667. The molecule has 1 amide bonds. The number of nitriles is 1. The van der Waals surface area contributed by atoms with Crippen LogP contribution < -0.4 is 5.32 Å². The molecule has 0 fully saturated rings. The highest BCUT2D eigenvalue weighted by Crippen LogP contribution is 2.32. The average molecular weight is 277 g/mol. The third-order valence-electron chi connectivity index (χ3n) is 1.49. The maximum atomic E-state index is 13.2. The lowest BCUT2D eigenvalue weighted by Gasteiger charge is -2.06. The van der Waals surface area contributed by atoms with Crippen molar-refractivity contribution < 1.29 is 9.18 Å². The van der Waals surface area contributed by atoms with Gasteiger partial charge in [0.05, 0.1) is 10.7 Å². The summed E-state index contributed by atoms with van der Waals surface area (Å²) in [4.78, 5) is 10.2. The first kappa shape index (κ1) is 11.0. The SMILES string of the molecule is N#Cc1c(F)c(Cl)cc(Br)c1NC=O. The van der Waals surface area contributed by atoms with Crippen LogP contribution in [0.3, 0.4) is 0 Å². The van der Waals surface area contributed by atoms with Gasteiger partial charge in [0.2, 0.25) is 6.41 Å². The van der Waals surface area contributed by atoms with Crippen molar-refractivity contribution in [2.45, 2.75) is 0 Å². The fourth-order valence-electron chi connectivity index (χ4n) is 0.900. The van der Waals surface area contributed by atoms with Gasteiger partial charge < -0.3 is 5.32 Å². The van der Waals surface area contributed by atoms with Gasteiger partial charge in [-0.2, -0.15) is 5.26 Å². The summed E-state index contributed by atoms with van der Waals surface area (Å²) in [5, 5.41) is 10.7. The van der Waals surface area contributed by atoms with Gasteiger partial charge in [-0.3, -0.25) is 4.79 Å². The van der Waals surface area contributed by atoms with Gasteiger partial charge in [-0.05, 0) is 22.0 Å². The van der Waals surface area contributed by atoms with Crippen molar-refractivity contribution in [3.05, 3.63) is 26.9 Å². The third-order valence-corrected chi connectivity index (χ3v) is 2.39. The van der Waals surface area contributed by atoms with E-state index in [2.05, 4.69) is 21.2 Å². The number of rotatable bonds is 2. The molecule has 0 saturated heterocycles. The smallest absolute Gasteiger partial charge is 0.211 e. The monoisotopic (exact) mass is 276 g/mol. The number of carbonyl (C=O) groups is 1. The lowest BCUT2D eigenvalue weighted by atomic mass is 10.2. The number of hydrogen-bond donors (Lipinski definition) is 1. The summed E-state index contributed by atoms with van der Waals surface area (Å²) in [7, 11) is 0. The Balaban J connectivity index is 3.48. The Labute approximate surface area is 92.6 Å². The van der Waals surface area contributed by atoms with Crippen molar-refractivity contribution >= 4 is 39.6 Å². The first-order valence-electron chi connectivity index (χ1n) is 3.39. The number of hydrogen-bond acceptors (Lipinski definition) is 2. The highest BCUT2D eigenvalue weighted by molar-refractivity contribution is 9.10. The molecule has 3 nitrogen and oxygen atoms in total. The Hall–Kier alpha value is -1.12. The van der Waals surface area contributed by atoms with Crippen LogP contribution in [0.5, 0.6) is 0 Å². The summed E-state index contributed by atoms with van der Waals surface area (Å²) in [6.07, 6.45) is 0.355. The summed E-state index contributed by atoms with van der Waals surface area (Å²) in [6, 6.07) is 2.89. The predicted octanol–water partition coefficient (Wildman–Crippen LogP) is 2.68. The van der Waals surface area contributed by atoms with Gasteiger partial charge in [-0.25, -0.2) is 4.39 Å². The zero-order valence-corrected chi connectivity index (χ0v) is 8.99. The van der Waals surface area contributed by atoms with Gasteiger partial charge >= 0.3 is 0 Å². The van der Waals surface area contributed by atoms with E-state index >= 15 is 0 Å². The Bertz CT molecular complexity index is 430. The highest BCUT2D eigenvalue weighted by atomic mass is 79.9. The zero-order chi connectivity index (χ0) is 10.7. The third kappa shape index (κ3) is 1.86. The second-order valence-electron chi connectivity index (χ2n) is 2.28. The van der Waals surface area contributed by atoms with Gasteiger partial charge in [-0.1, -0.05) is 11.6 Å². The number of halogens is 3. The summed E-state index contributed by atoms with van der Waals surface area (Å²) in [6.45, 7) is 0. The maximum Gasteiger partial charge on any atom is 0.211 e. The van der Waals surface area contributed by atoms with Crippen molar-refractivity contribution in [3.8, 4) is 6.07 Å².